The molecule has 0 aliphatic rings. The highest BCUT2D eigenvalue weighted by Gasteiger charge is 2.13. The highest BCUT2D eigenvalue weighted by atomic mass is 32.2. The fraction of sp³-hybridized carbons (Fsp3) is 0.200. The fourth-order valence-corrected chi connectivity index (χ4v) is 3.03. The molecular weight excluding hydrogens is 302 g/mol. The summed E-state index contributed by atoms with van der Waals surface area (Å²) in [6.07, 6.45) is 1.20. The van der Waals surface area contributed by atoms with Gasteiger partial charge in [-0.25, -0.2) is 4.98 Å². The van der Waals surface area contributed by atoms with E-state index in [-0.39, 0.29) is 11.6 Å². The van der Waals surface area contributed by atoms with Crippen molar-refractivity contribution in [2.24, 2.45) is 0 Å². The van der Waals surface area contributed by atoms with Crippen molar-refractivity contribution in [3.05, 3.63) is 27.9 Å². The standard InChI is InChI=1S/C10H9N5O3S2/c1-5-3-7(15(17)18)4-11-8(5)19-10-14-13-9(20-10)12-6(2)16/h3-4H,1-2H3,(H,12,13,16). The monoisotopic (exact) mass is 311 g/mol. The minimum atomic E-state index is -0.492. The quantitative estimate of drug-likeness (QED) is 0.523. The summed E-state index contributed by atoms with van der Waals surface area (Å²) >= 11 is 2.45. The largest absolute Gasteiger partial charge is 0.301 e. The van der Waals surface area contributed by atoms with Crippen LogP contribution in [0.2, 0.25) is 0 Å². The molecule has 0 fully saturated rings. The molecule has 2 rings (SSSR count). The van der Waals surface area contributed by atoms with Crippen LogP contribution in [0, 0.1) is 17.0 Å². The Bertz CT molecular complexity index is 673. The van der Waals surface area contributed by atoms with Crippen molar-refractivity contribution in [2.45, 2.75) is 23.2 Å². The van der Waals surface area contributed by atoms with E-state index in [1.54, 1.807) is 6.92 Å². The van der Waals surface area contributed by atoms with Crippen molar-refractivity contribution >= 4 is 39.8 Å². The average molecular weight is 311 g/mol. The number of aryl methyl sites for hydroxylation is 1. The highest BCUT2D eigenvalue weighted by molar-refractivity contribution is 8.01. The number of amides is 1. The number of rotatable bonds is 4. The number of carbonyl (C=O) groups excluding carboxylic acids is 1. The molecule has 0 aromatic carbocycles. The summed E-state index contributed by atoms with van der Waals surface area (Å²) < 4.78 is 0.596. The van der Waals surface area contributed by atoms with E-state index in [9.17, 15) is 14.9 Å². The second kappa shape index (κ2) is 5.92. The number of carbonyl (C=O) groups is 1. The minimum absolute atomic E-state index is 0.0527. The molecule has 2 aromatic heterocycles. The van der Waals surface area contributed by atoms with E-state index >= 15 is 0 Å². The van der Waals surface area contributed by atoms with E-state index in [4.69, 9.17) is 0 Å². The lowest BCUT2D eigenvalue weighted by molar-refractivity contribution is -0.385. The third-order valence-corrected chi connectivity index (χ3v) is 4.11. The van der Waals surface area contributed by atoms with Crippen molar-refractivity contribution in [1.29, 1.82) is 0 Å². The molecule has 0 radical (unpaired) electrons. The molecule has 0 spiro atoms. The number of anilines is 1. The Morgan fingerprint density at radius 2 is 2.25 bits per heavy atom. The number of aromatic nitrogens is 3. The molecule has 104 valence electrons. The first kappa shape index (κ1) is 14.3. The molecule has 0 aliphatic heterocycles. The van der Waals surface area contributed by atoms with Crippen LogP contribution < -0.4 is 5.32 Å². The zero-order valence-corrected chi connectivity index (χ0v) is 12.1. The van der Waals surface area contributed by atoms with Gasteiger partial charge >= 0.3 is 0 Å². The number of nitro groups is 1. The SMILES string of the molecule is CC(=O)Nc1nnc(Sc2ncc([N+](=O)[O-])cc2C)s1. The van der Waals surface area contributed by atoms with Crippen LogP contribution in [0.3, 0.4) is 0 Å². The smallest absolute Gasteiger partial charge is 0.287 e. The second-order valence-corrected chi connectivity index (χ2v) is 5.94. The van der Waals surface area contributed by atoms with Crippen LogP contribution in [-0.2, 0) is 4.79 Å². The predicted molar refractivity (Wildman–Crippen MR) is 74.0 cm³/mol. The minimum Gasteiger partial charge on any atom is -0.301 e. The van der Waals surface area contributed by atoms with Crippen LogP contribution in [0.4, 0.5) is 10.8 Å². The van der Waals surface area contributed by atoms with Crippen molar-refractivity contribution in [3.63, 3.8) is 0 Å². The van der Waals surface area contributed by atoms with Crippen molar-refractivity contribution in [3.8, 4) is 0 Å². The number of nitrogens with zero attached hydrogens (tertiary/aromatic N) is 4. The van der Waals surface area contributed by atoms with Crippen LogP contribution in [-0.4, -0.2) is 26.0 Å². The molecule has 0 unspecified atom stereocenters. The van der Waals surface area contributed by atoms with Gasteiger partial charge in [-0.05, 0) is 24.2 Å². The lowest BCUT2D eigenvalue weighted by atomic mass is 10.3. The molecular formula is C10H9N5O3S2. The lowest BCUT2D eigenvalue weighted by Crippen LogP contribution is -2.04. The highest BCUT2D eigenvalue weighted by Crippen LogP contribution is 2.33. The first-order valence-corrected chi connectivity index (χ1v) is 6.99. The third-order valence-electron chi connectivity index (χ3n) is 2.10. The van der Waals surface area contributed by atoms with Gasteiger partial charge in [-0.3, -0.25) is 14.9 Å². The molecule has 0 bridgehead atoms. The Morgan fingerprint density at radius 3 is 2.85 bits per heavy atom. The maximum Gasteiger partial charge on any atom is 0.287 e. The van der Waals surface area contributed by atoms with Gasteiger partial charge in [0.05, 0.1) is 4.92 Å². The van der Waals surface area contributed by atoms with Gasteiger partial charge < -0.3 is 5.32 Å². The van der Waals surface area contributed by atoms with Crippen LogP contribution in [0.5, 0.6) is 0 Å². The van der Waals surface area contributed by atoms with Crippen LogP contribution in [0.25, 0.3) is 0 Å². The normalized spacial score (nSPS) is 10.3. The molecule has 2 aromatic rings. The summed E-state index contributed by atoms with van der Waals surface area (Å²) in [5, 5.41) is 21.9. The Hall–Kier alpha value is -2.07. The number of nitrogens with one attached hydrogen (secondary N) is 1. The van der Waals surface area contributed by atoms with Gasteiger partial charge in [0.2, 0.25) is 11.0 Å². The van der Waals surface area contributed by atoms with Crippen molar-refractivity contribution in [1.82, 2.24) is 15.2 Å². The molecule has 0 saturated carbocycles. The summed E-state index contributed by atoms with van der Waals surface area (Å²) in [6.45, 7) is 3.12. The van der Waals surface area contributed by atoms with Gasteiger partial charge in [0.1, 0.15) is 11.2 Å². The molecule has 8 nitrogen and oxygen atoms in total. The summed E-state index contributed by atoms with van der Waals surface area (Å²) in [5.41, 5.74) is 0.628. The number of pyridine rings is 1. The van der Waals surface area contributed by atoms with Gasteiger partial charge in [-0.2, -0.15) is 0 Å². The van der Waals surface area contributed by atoms with E-state index in [1.165, 1.54) is 42.3 Å². The van der Waals surface area contributed by atoms with Crippen LogP contribution in [0.15, 0.2) is 21.6 Å². The molecule has 1 N–H and O–H groups in total. The average Bonchev–Trinajstić information content (AvgIpc) is 2.78. The lowest BCUT2D eigenvalue weighted by Gasteiger charge is -2.00. The Labute approximate surface area is 121 Å². The van der Waals surface area contributed by atoms with Gasteiger partial charge in [-0.15, -0.1) is 10.2 Å². The van der Waals surface area contributed by atoms with Gasteiger partial charge in [-0.1, -0.05) is 11.3 Å². The van der Waals surface area contributed by atoms with Crippen molar-refractivity contribution < 1.29 is 9.72 Å². The van der Waals surface area contributed by atoms with Crippen molar-refractivity contribution in [2.75, 3.05) is 5.32 Å². The Morgan fingerprint density at radius 1 is 1.50 bits per heavy atom. The predicted octanol–water partition coefficient (Wildman–Crippen LogP) is 2.26. The maximum absolute atomic E-state index is 10.9. The molecule has 0 aliphatic carbocycles. The zero-order chi connectivity index (χ0) is 14.7. The third kappa shape index (κ3) is 3.48. The molecule has 0 atom stereocenters. The fourth-order valence-electron chi connectivity index (χ4n) is 1.29. The second-order valence-electron chi connectivity index (χ2n) is 3.73. The Kier molecular flexibility index (Phi) is 4.25. The van der Waals surface area contributed by atoms with Gasteiger partial charge in [0.25, 0.3) is 5.69 Å². The van der Waals surface area contributed by atoms with E-state index in [1.807, 2.05) is 0 Å². The van der Waals surface area contributed by atoms with Gasteiger partial charge in [0.15, 0.2) is 4.34 Å². The number of hydrogen-bond donors (Lipinski definition) is 1. The zero-order valence-electron chi connectivity index (χ0n) is 10.5. The van der Waals surface area contributed by atoms with E-state index in [0.29, 0.717) is 20.1 Å². The molecule has 10 heteroatoms. The summed E-state index contributed by atoms with van der Waals surface area (Å²) in [6, 6.07) is 1.45. The topological polar surface area (TPSA) is 111 Å². The molecule has 0 saturated heterocycles. The van der Waals surface area contributed by atoms with Crippen LogP contribution >= 0.6 is 23.1 Å². The Balaban J connectivity index is 2.15. The molecule has 20 heavy (non-hydrogen) atoms. The summed E-state index contributed by atoms with van der Waals surface area (Å²) in [5.74, 6) is -0.220. The van der Waals surface area contributed by atoms with E-state index in [2.05, 4.69) is 20.5 Å². The summed E-state index contributed by atoms with van der Waals surface area (Å²) in [4.78, 5) is 25.1. The molecule has 1 amide bonds. The first-order valence-electron chi connectivity index (χ1n) is 5.35. The maximum atomic E-state index is 10.9. The van der Waals surface area contributed by atoms with E-state index < -0.39 is 4.92 Å². The van der Waals surface area contributed by atoms with E-state index in [0.717, 1.165) is 0 Å². The van der Waals surface area contributed by atoms with Gasteiger partial charge in [0, 0.05) is 13.0 Å². The first-order chi connectivity index (χ1) is 9.45. The molecule has 2 heterocycles. The number of hydrogen-bond acceptors (Lipinski definition) is 8. The summed E-state index contributed by atoms with van der Waals surface area (Å²) in [7, 11) is 0. The van der Waals surface area contributed by atoms with Crippen LogP contribution in [0.1, 0.15) is 12.5 Å².